The van der Waals surface area contributed by atoms with Gasteiger partial charge >= 0.3 is 23.9 Å². The lowest BCUT2D eigenvalue weighted by atomic mass is 10.0. The summed E-state index contributed by atoms with van der Waals surface area (Å²) in [7, 11) is 2.60. The second-order valence-corrected chi connectivity index (χ2v) is 11.3. The molecule has 248 valence electrons. The van der Waals surface area contributed by atoms with Gasteiger partial charge in [-0.2, -0.15) is 0 Å². The third kappa shape index (κ3) is 15.8. The van der Waals surface area contributed by atoms with E-state index >= 15 is 0 Å². The maximum atomic E-state index is 12.8. The van der Waals surface area contributed by atoms with Crippen molar-refractivity contribution in [2.45, 2.75) is 79.8 Å². The van der Waals surface area contributed by atoms with Crippen LogP contribution in [-0.4, -0.2) is 49.3 Å². The van der Waals surface area contributed by atoms with Crippen molar-refractivity contribution < 1.29 is 38.5 Å². The second-order valence-electron chi connectivity index (χ2n) is 11.3. The van der Waals surface area contributed by atoms with E-state index in [2.05, 4.69) is 70.6 Å². The van der Waals surface area contributed by atoms with Gasteiger partial charge in [0.25, 0.3) is 0 Å². The van der Waals surface area contributed by atoms with E-state index in [4.69, 9.17) is 14.6 Å². The molecule has 2 aromatic carbocycles. The van der Waals surface area contributed by atoms with Crippen molar-refractivity contribution in [2.24, 2.45) is 0 Å². The van der Waals surface area contributed by atoms with Gasteiger partial charge in [-0.05, 0) is 122 Å². The lowest BCUT2D eigenvalue weighted by Crippen LogP contribution is -2.16. The van der Waals surface area contributed by atoms with Crippen LogP contribution >= 0.6 is 0 Å². The minimum atomic E-state index is -1.02. The molecule has 0 aliphatic rings. The molecule has 8 nitrogen and oxygen atoms in total. The normalized spacial score (nSPS) is 11.7. The van der Waals surface area contributed by atoms with Gasteiger partial charge in [-0.25, -0.2) is 19.2 Å². The van der Waals surface area contributed by atoms with Crippen molar-refractivity contribution in [3.8, 4) is 0 Å². The van der Waals surface area contributed by atoms with Gasteiger partial charge in [0.1, 0.15) is 6.10 Å². The van der Waals surface area contributed by atoms with Crippen LogP contribution in [0.2, 0.25) is 0 Å². The van der Waals surface area contributed by atoms with Crippen LogP contribution < -0.4 is 0 Å². The Morgan fingerprint density at radius 3 is 1.39 bits per heavy atom. The van der Waals surface area contributed by atoms with Crippen molar-refractivity contribution in [1.29, 1.82) is 0 Å². The Labute approximate surface area is 273 Å². The molecule has 0 saturated heterocycles. The molecule has 2 rings (SSSR count). The van der Waals surface area contributed by atoms with E-state index in [0.717, 1.165) is 25.7 Å². The molecule has 2 aromatic rings. The van der Waals surface area contributed by atoms with Crippen LogP contribution in [0.25, 0.3) is 0 Å². The van der Waals surface area contributed by atoms with E-state index in [0.29, 0.717) is 23.1 Å². The maximum absolute atomic E-state index is 12.8. The zero-order chi connectivity index (χ0) is 34.6. The summed E-state index contributed by atoms with van der Waals surface area (Å²) in [4.78, 5) is 45.8. The molecule has 0 amide bonds. The lowest BCUT2D eigenvalue weighted by molar-refractivity contribution is 0.0396. The van der Waals surface area contributed by atoms with Gasteiger partial charge in [-0.1, -0.05) is 40.5 Å². The molecule has 0 heterocycles. The molecule has 0 aromatic heterocycles. The lowest BCUT2D eigenvalue weighted by Gasteiger charge is -2.15. The summed E-state index contributed by atoms with van der Waals surface area (Å²) in [6, 6.07) is 11.9. The fourth-order valence-electron chi connectivity index (χ4n) is 4.08. The van der Waals surface area contributed by atoms with Crippen molar-refractivity contribution in [3.05, 3.63) is 117 Å². The highest BCUT2D eigenvalue weighted by atomic mass is 16.5. The van der Waals surface area contributed by atoms with Crippen LogP contribution in [0.3, 0.4) is 0 Å². The number of methoxy groups -OCH3 is 2. The van der Waals surface area contributed by atoms with Crippen LogP contribution in [0.15, 0.2) is 95.1 Å². The van der Waals surface area contributed by atoms with E-state index in [1.165, 1.54) is 60.8 Å². The number of hydrogen-bond acceptors (Lipinski definition) is 7. The number of esters is 3. The molecule has 0 fully saturated rings. The summed E-state index contributed by atoms with van der Waals surface area (Å²) in [6.45, 7) is 12.6. The molecule has 0 aliphatic heterocycles. The topological polar surface area (TPSA) is 116 Å². The van der Waals surface area contributed by atoms with Crippen molar-refractivity contribution in [2.75, 3.05) is 14.2 Å². The number of rotatable bonds is 14. The minimum Gasteiger partial charge on any atom is -0.478 e. The van der Waals surface area contributed by atoms with Crippen molar-refractivity contribution in [3.63, 3.8) is 0 Å². The highest BCUT2D eigenvalue weighted by Crippen LogP contribution is 2.17. The molecule has 0 saturated carbocycles. The standard InChI is InChI=1S/C29H40O4.C9H8O4/c1-21(2)10-8-12-23(5)14-19-27(20-24(6)13-9-11-22(3)4)33-29(31)26-17-15-25(16-18-26)28(30)32-7;1-13-9(12)7-4-2-6(3-5-7)8(10)11/h10-11,14-18,20,27H,8-9,12-13,19H2,1-7H3;2-5H,1H3,(H,10,11)/b23-14+,24-20+;. The van der Waals surface area contributed by atoms with E-state index in [-0.39, 0.29) is 11.7 Å². The average Bonchev–Trinajstić information content (AvgIpc) is 3.02. The second kappa shape index (κ2) is 21.1. The molecule has 8 heteroatoms. The zero-order valence-electron chi connectivity index (χ0n) is 28.3. The third-order valence-electron chi connectivity index (χ3n) is 6.70. The van der Waals surface area contributed by atoms with Crippen molar-refractivity contribution >= 4 is 23.9 Å². The van der Waals surface area contributed by atoms with Crippen LogP contribution in [0.1, 0.15) is 115 Å². The Morgan fingerprint density at radius 2 is 1.00 bits per heavy atom. The first kappa shape index (κ1) is 39.3. The predicted molar refractivity (Wildman–Crippen MR) is 181 cm³/mol. The zero-order valence-corrected chi connectivity index (χ0v) is 28.3. The van der Waals surface area contributed by atoms with Crippen LogP contribution in [0.4, 0.5) is 0 Å². The molecule has 1 atom stereocenters. The third-order valence-corrected chi connectivity index (χ3v) is 6.70. The van der Waals surface area contributed by atoms with Gasteiger partial charge in [-0.15, -0.1) is 0 Å². The number of hydrogen-bond donors (Lipinski definition) is 1. The van der Waals surface area contributed by atoms with Gasteiger partial charge in [-0.3, -0.25) is 0 Å². The molecule has 0 spiro atoms. The number of carbonyl (C=O) groups is 4. The summed E-state index contributed by atoms with van der Waals surface area (Å²) >= 11 is 0. The molecule has 0 aliphatic carbocycles. The van der Waals surface area contributed by atoms with Gasteiger partial charge in [0, 0.05) is 6.42 Å². The Bertz CT molecular complexity index is 1420. The highest BCUT2D eigenvalue weighted by Gasteiger charge is 2.15. The quantitative estimate of drug-likeness (QED) is 0.125. The summed E-state index contributed by atoms with van der Waals surface area (Å²) in [5.41, 5.74) is 6.40. The van der Waals surface area contributed by atoms with Gasteiger partial charge in [0.15, 0.2) is 0 Å². The molecule has 0 radical (unpaired) electrons. The number of benzene rings is 2. The SMILES string of the molecule is COC(=O)c1ccc(C(=O)O)cc1.COC(=O)c1ccc(C(=O)OC(/C=C(\C)CCC=C(C)C)C/C=C(\C)CCC=C(C)C)cc1. The van der Waals surface area contributed by atoms with Gasteiger partial charge < -0.3 is 19.3 Å². The Balaban J connectivity index is 0.000000674. The number of aromatic carboxylic acids is 1. The fourth-order valence-corrected chi connectivity index (χ4v) is 4.08. The number of carboxylic acid groups (broad SMARTS) is 1. The van der Waals surface area contributed by atoms with Gasteiger partial charge in [0.2, 0.25) is 0 Å². The predicted octanol–water partition coefficient (Wildman–Crippen LogP) is 8.95. The molecular formula is C38H48O8. The average molecular weight is 633 g/mol. The number of carboxylic acids is 1. The van der Waals surface area contributed by atoms with E-state index in [9.17, 15) is 19.2 Å². The van der Waals surface area contributed by atoms with E-state index < -0.39 is 23.9 Å². The highest BCUT2D eigenvalue weighted by molar-refractivity contribution is 5.93. The van der Waals surface area contributed by atoms with E-state index in [1.807, 2.05) is 0 Å². The molecule has 46 heavy (non-hydrogen) atoms. The summed E-state index contributed by atoms with van der Waals surface area (Å²) < 4.78 is 15.0. The smallest absolute Gasteiger partial charge is 0.338 e. The largest absolute Gasteiger partial charge is 0.478 e. The number of allylic oxidation sites excluding steroid dienone is 6. The van der Waals surface area contributed by atoms with Gasteiger partial charge in [0.05, 0.1) is 36.5 Å². The number of ether oxygens (including phenoxy) is 3. The van der Waals surface area contributed by atoms with Crippen LogP contribution in [-0.2, 0) is 14.2 Å². The monoisotopic (exact) mass is 632 g/mol. The first-order valence-electron chi connectivity index (χ1n) is 15.2. The summed E-state index contributed by atoms with van der Waals surface area (Å²) in [6.07, 6.45) is 12.9. The summed E-state index contributed by atoms with van der Waals surface area (Å²) in [5, 5.41) is 8.56. The Morgan fingerprint density at radius 1 is 0.609 bits per heavy atom. The molecule has 1 N–H and O–H groups in total. The van der Waals surface area contributed by atoms with E-state index in [1.54, 1.807) is 24.3 Å². The maximum Gasteiger partial charge on any atom is 0.338 e. The first-order chi connectivity index (χ1) is 21.8. The van der Waals surface area contributed by atoms with Crippen LogP contribution in [0.5, 0.6) is 0 Å². The molecular weight excluding hydrogens is 584 g/mol. The fraction of sp³-hybridized carbons (Fsp3) is 0.368. The van der Waals surface area contributed by atoms with Crippen molar-refractivity contribution in [1.82, 2.24) is 0 Å². The van der Waals surface area contributed by atoms with Crippen LogP contribution in [0, 0.1) is 0 Å². The minimum absolute atomic E-state index is 0.146. The summed E-state index contributed by atoms with van der Waals surface area (Å²) in [5.74, 6) is -2.33. The Kier molecular flexibility index (Phi) is 18.0. The molecule has 0 bridgehead atoms. The first-order valence-corrected chi connectivity index (χ1v) is 15.2. The number of carbonyl (C=O) groups excluding carboxylic acids is 3. The Hall–Kier alpha value is -4.72. The molecule has 1 unspecified atom stereocenters.